The van der Waals surface area contributed by atoms with E-state index >= 15 is 0 Å². The van der Waals surface area contributed by atoms with Crippen LogP contribution in [0.25, 0.3) is 0 Å². The molecule has 0 spiro atoms. The van der Waals surface area contributed by atoms with E-state index in [0.717, 1.165) is 30.8 Å². The molecule has 1 rings (SSSR count). The maximum Gasteiger partial charge on any atom is 0.222 e. The lowest BCUT2D eigenvalue weighted by atomic mass is 10.0. The molecule has 0 heterocycles. The number of hydrogen-bond acceptors (Lipinski definition) is 4. The van der Waals surface area contributed by atoms with Crippen molar-refractivity contribution < 1.29 is 14.3 Å². The van der Waals surface area contributed by atoms with Crippen molar-refractivity contribution in [3.05, 3.63) is 29.8 Å². The number of carbonyl (C=O) groups excluding carboxylic acids is 2. The molecule has 0 bridgehead atoms. The zero-order valence-corrected chi connectivity index (χ0v) is 14.1. The Morgan fingerprint density at radius 2 is 1.83 bits per heavy atom. The number of carbonyl (C=O) groups is 2. The Bertz CT molecular complexity index is 488. The summed E-state index contributed by atoms with van der Waals surface area (Å²) in [7, 11) is 1.60. The van der Waals surface area contributed by atoms with Crippen LogP contribution in [0.1, 0.15) is 38.3 Å². The van der Waals surface area contributed by atoms with Gasteiger partial charge in [0.05, 0.1) is 19.6 Å². The van der Waals surface area contributed by atoms with E-state index in [0.29, 0.717) is 6.54 Å². The van der Waals surface area contributed by atoms with Crippen molar-refractivity contribution in [2.45, 2.75) is 32.7 Å². The fourth-order valence-electron chi connectivity index (χ4n) is 2.18. The summed E-state index contributed by atoms with van der Waals surface area (Å²) in [5.74, 6) is 0.489. The van der Waals surface area contributed by atoms with Crippen LogP contribution in [-0.2, 0) is 9.59 Å². The van der Waals surface area contributed by atoms with Crippen LogP contribution in [0.3, 0.4) is 0 Å². The molecule has 0 aliphatic rings. The first-order valence-electron chi connectivity index (χ1n) is 7.95. The Morgan fingerprint density at radius 3 is 2.39 bits per heavy atom. The molecule has 23 heavy (non-hydrogen) atoms. The van der Waals surface area contributed by atoms with Crippen molar-refractivity contribution in [3.63, 3.8) is 0 Å². The highest BCUT2D eigenvalue weighted by Gasteiger charge is 2.17. The monoisotopic (exact) mass is 321 g/mol. The van der Waals surface area contributed by atoms with Crippen LogP contribution in [0, 0.1) is 0 Å². The van der Waals surface area contributed by atoms with Gasteiger partial charge in [0, 0.05) is 20.0 Å². The average molecular weight is 321 g/mol. The van der Waals surface area contributed by atoms with E-state index in [-0.39, 0.29) is 24.3 Å². The zero-order valence-electron chi connectivity index (χ0n) is 14.1. The highest BCUT2D eigenvalue weighted by atomic mass is 16.5. The first-order valence-corrected chi connectivity index (χ1v) is 7.95. The molecular weight excluding hydrogens is 294 g/mol. The Morgan fingerprint density at radius 1 is 1.13 bits per heavy atom. The summed E-state index contributed by atoms with van der Waals surface area (Å²) in [5, 5.41) is 8.90. The highest BCUT2D eigenvalue weighted by molar-refractivity contribution is 5.79. The van der Waals surface area contributed by atoms with E-state index in [9.17, 15) is 9.59 Å². The Labute approximate surface area is 138 Å². The Kier molecular flexibility index (Phi) is 8.75. The second-order valence-corrected chi connectivity index (χ2v) is 5.33. The lowest BCUT2D eigenvalue weighted by Crippen LogP contribution is -2.35. The zero-order chi connectivity index (χ0) is 17.1. The van der Waals surface area contributed by atoms with E-state index in [1.54, 1.807) is 7.11 Å². The SMILES string of the molecule is CCCNCCNC(=O)CC(NC(C)=O)c1ccc(OC)cc1. The van der Waals surface area contributed by atoms with Gasteiger partial charge in [0.1, 0.15) is 5.75 Å². The van der Waals surface area contributed by atoms with E-state index < -0.39 is 0 Å². The molecule has 1 unspecified atom stereocenters. The molecule has 6 nitrogen and oxygen atoms in total. The first-order chi connectivity index (χ1) is 11.1. The lowest BCUT2D eigenvalue weighted by Gasteiger charge is -2.18. The molecule has 0 aliphatic carbocycles. The molecule has 128 valence electrons. The minimum atomic E-state index is -0.345. The van der Waals surface area contributed by atoms with Crippen molar-refractivity contribution in [2.75, 3.05) is 26.7 Å². The van der Waals surface area contributed by atoms with Crippen LogP contribution >= 0.6 is 0 Å². The van der Waals surface area contributed by atoms with Crippen molar-refractivity contribution >= 4 is 11.8 Å². The van der Waals surface area contributed by atoms with Crippen molar-refractivity contribution in [1.82, 2.24) is 16.0 Å². The number of ether oxygens (including phenoxy) is 1. The van der Waals surface area contributed by atoms with Crippen LogP contribution in [0.2, 0.25) is 0 Å². The third-order valence-electron chi connectivity index (χ3n) is 3.34. The van der Waals surface area contributed by atoms with Crippen LogP contribution in [0.15, 0.2) is 24.3 Å². The smallest absolute Gasteiger partial charge is 0.222 e. The van der Waals surface area contributed by atoms with Crippen molar-refractivity contribution in [3.8, 4) is 5.75 Å². The number of hydrogen-bond donors (Lipinski definition) is 3. The second kappa shape index (κ2) is 10.6. The third kappa shape index (κ3) is 7.65. The second-order valence-electron chi connectivity index (χ2n) is 5.33. The Balaban J connectivity index is 2.56. The third-order valence-corrected chi connectivity index (χ3v) is 3.34. The van der Waals surface area contributed by atoms with Gasteiger partial charge in [0.15, 0.2) is 0 Å². The molecule has 2 amide bonds. The van der Waals surface area contributed by atoms with Crippen LogP contribution < -0.4 is 20.7 Å². The number of benzene rings is 1. The predicted octanol–water partition coefficient (Wildman–Crippen LogP) is 1.38. The summed E-state index contributed by atoms with van der Waals surface area (Å²) < 4.78 is 5.12. The van der Waals surface area contributed by atoms with E-state index in [2.05, 4.69) is 22.9 Å². The largest absolute Gasteiger partial charge is 0.497 e. The molecule has 0 radical (unpaired) electrons. The fraction of sp³-hybridized carbons (Fsp3) is 0.529. The van der Waals surface area contributed by atoms with Gasteiger partial charge < -0.3 is 20.7 Å². The van der Waals surface area contributed by atoms with Crippen LogP contribution in [0.5, 0.6) is 5.75 Å². The standard InChI is InChI=1S/C17H27N3O3/c1-4-9-18-10-11-19-17(22)12-16(20-13(2)21)14-5-7-15(23-3)8-6-14/h5-8,16,18H,4,9-12H2,1-3H3,(H,19,22)(H,20,21). The maximum atomic E-state index is 12.0. The van der Waals surface area contributed by atoms with Gasteiger partial charge >= 0.3 is 0 Å². The van der Waals surface area contributed by atoms with Gasteiger partial charge in [-0.1, -0.05) is 19.1 Å². The topological polar surface area (TPSA) is 79.5 Å². The molecule has 1 aromatic rings. The molecule has 6 heteroatoms. The van der Waals surface area contributed by atoms with Crippen LogP contribution in [0.4, 0.5) is 0 Å². The van der Waals surface area contributed by atoms with Gasteiger partial charge in [-0.2, -0.15) is 0 Å². The summed E-state index contributed by atoms with van der Waals surface area (Å²) >= 11 is 0. The summed E-state index contributed by atoms with van der Waals surface area (Å²) in [5.41, 5.74) is 0.875. The summed E-state index contributed by atoms with van der Waals surface area (Å²) in [6.45, 7) is 5.80. The van der Waals surface area contributed by atoms with E-state index in [1.165, 1.54) is 6.92 Å². The van der Waals surface area contributed by atoms with Crippen LogP contribution in [-0.4, -0.2) is 38.6 Å². The van der Waals surface area contributed by atoms with Gasteiger partial charge in [-0.3, -0.25) is 9.59 Å². The summed E-state index contributed by atoms with van der Waals surface area (Å²) in [6.07, 6.45) is 1.27. The normalized spacial score (nSPS) is 11.6. The minimum absolute atomic E-state index is 0.0853. The van der Waals surface area contributed by atoms with Gasteiger partial charge in [-0.15, -0.1) is 0 Å². The number of methoxy groups -OCH3 is 1. The molecule has 0 aromatic heterocycles. The van der Waals surface area contributed by atoms with Gasteiger partial charge in [0.2, 0.25) is 11.8 Å². The Hall–Kier alpha value is -2.08. The predicted molar refractivity (Wildman–Crippen MR) is 90.3 cm³/mol. The average Bonchev–Trinajstić information content (AvgIpc) is 2.53. The number of rotatable bonds is 10. The molecule has 0 saturated carbocycles. The lowest BCUT2D eigenvalue weighted by molar-refractivity contribution is -0.122. The van der Waals surface area contributed by atoms with Crippen molar-refractivity contribution in [2.24, 2.45) is 0 Å². The molecular formula is C17H27N3O3. The van der Waals surface area contributed by atoms with Gasteiger partial charge in [-0.25, -0.2) is 0 Å². The number of amides is 2. The molecule has 0 aliphatic heterocycles. The molecule has 0 fully saturated rings. The molecule has 3 N–H and O–H groups in total. The maximum absolute atomic E-state index is 12.0. The van der Waals surface area contributed by atoms with E-state index in [4.69, 9.17) is 4.74 Å². The minimum Gasteiger partial charge on any atom is -0.497 e. The molecule has 1 aromatic carbocycles. The van der Waals surface area contributed by atoms with Crippen molar-refractivity contribution in [1.29, 1.82) is 0 Å². The van der Waals surface area contributed by atoms with Gasteiger partial charge in [-0.05, 0) is 30.7 Å². The molecule has 0 saturated heterocycles. The summed E-state index contributed by atoms with van der Waals surface area (Å²) in [6, 6.07) is 7.00. The van der Waals surface area contributed by atoms with Gasteiger partial charge in [0.25, 0.3) is 0 Å². The van der Waals surface area contributed by atoms with E-state index in [1.807, 2.05) is 24.3 Å². The number of nitrogens with one attached hydrogen (secondary N) is 3. The quantitative estimate of drug-likeness (QED) is 0.569. The fourth-order valence-corrected chi connectivity index (χ4v) is 2.18. The first kappa shape index (κ1) is 19.0. The summed E-state index contributed by atoms with van der Waals surface area (Å²) in [4.78, 5) is 23.4. The molecule has 1 atom stereocenters. The highest BCUT2D eigenvalue weighted by Crippen LogP contribution is 2.20.